The summed E-state index contributed by atoms with van der Waals surface area (Å²) in [4.78, 5) is 8.83. The number of anilines is 2. The fourth-order valence-electron chi connectivity index (χ4n) is 3.24. The number of nitrogens with one attached hydrogen (secondary N) is 1. The predicted molar refractivity (Wildman–Crippen MR) is 110 cm³/mol. The number of pyridine rings is 1. The van der Waals surface area contributed by atoms with E-state index in [1.54, 1.807) is 33.9 Å². The lowest BCUT2D eigenvalue weighted by atomic mass is 10.1. The molecule has 31 heavy (non-hydrogen) atoms. The number of hydrogen-bond acceptors (Lipinski definition) is 6. The van der Waals surface area contributed by atoms with Crippen LogP contribution in [0.3, 0.4) is 0 Å². The number of rotatable bonds is 5. The van der Waals surface area contributed by atoms with Gasteiger partial charge in [0.15, 0.2) is 5.65 Å². The smallest absolute Gasteiger partial charge is 0.164 e. The molecular formula is C21H16F2N8. The van der Waals surface area contributed by atoms with Gasteiger partial charge in [-0.25, -0.2) is 18.7 Å². The van der Waals surface area contributed by atoms with Crippen LogP contribution in [0.2, 0.25) is 0 Å². The SMILES string of the molecule is Cn1nccc1Nc1cc(-c2cc3nnc(Cc4ccc(F)cc4F)n3cn2)ccn1. The van der Waals surface area contributed by atoms with Gasteiger partial charge in [-0.1, -0.05) is 6.07 Å². The standard InChI is InChI=1S/C21H16F2N8/c1-30-19(5-7-26-30)27-18-8-14(4-6-24-18)17-11-21-29-28-20(31(21)12-25-17)9-13-2-3-15(22)10-16(13)23/h2-8,10-12H,9H2,1H3,(H,24,27). The first kappa shape index (κ1) is 18.8. The first-order valence-corrected chi connectivity index (χ1v) is 9.42. The summed E-state index contributed by atoms with van der Waals surface area (Å²) in [6.07, 6.45) is 5.15. The van der Waals surface area contributed by atoms with Gasteiger partial charge in [0.1, 0.15) is 35.4 Å². The molecule has 0 saturated carbocycles. The van der Waals surface area contributed by atoms with E-state index in [4.69, 9.17) is 0 Å². The van der Waals surface area contributed by atoms with Gasteiger partial charge in [0.05, 0.1) is 11.9 Å². The summed E-state index contributed by atoms with van der Waals surface area (Å²) < 4.78 is 30.5. The number of benzene rings is 1. The molecule has 5 aromatic rings. The molecule has 0 radical (unpaired) electrons. The van der Waals surface area contributed by atoms with Crippen LogP contribution < -0.4 is 5.32 Å². The Balaban J connectivity index is 1.43. The van der Waals surface area contributed by atoms with Gasteiger partial charge in [-0.2, -0.15) is 5.10 Å². The quantitative estimate of drug-likeness (QED) is 0.470. The van der Waals surface area contributed by atoms with Gasteiger partial charge in [-0.05, 0) is 23.8 Å². The van der Waals surface area contributed by atoms with E-state index in [1.165, 1.54) is 12.1 Å². The average Bonchev–Trinajstić information content (AvgIpc) is 3.36. The third kappa shape index (κ3) is 3.70. The molecule has 8 nitrogen and oxygen atoms in total. The normalized spacial score (nSPS) is 11.2. The zero-order chi connectivity index (χ0) is 21.4. The number of nitrogens with zero attached hydrogens (tertiary/aromatic N) is 7. The number of halogens is 2. The Morgan fingerprint density at radius 1 is 0.968 bits per heavy atom. The van der Waals surface area contributed by atoms with Crippen LogP contribution in [-0.2, 0) is 13.5 Å². The van der Waals surface area contributed by atoms with E-state index in [0.717, 1.165) is 17.4 Å². The van der Waals surface area contributed by atoms with Crippen LogP contribution in [0.4, 0.5) is 20.4 Å². The molecule has 0 aliphatic carbocycles. The fourth-order valence-corrected chi connectivity index (χ4v) is 3.24. The Morgan fingerprint density at radius 3 is 2.68 bits per heavy atom. The van der Waals surface area contributed by atoms with Gasteiger partial charge >= 0.3 is 0 Å². The summed E-state index contributed by atoms with van der Waals surface area (Å²) in [6, 6.07) is 10.8. The lowest BCUT2D eigenvalue weighted by Crippen LogP contribution is -2.01. The van der Waals surface area contributed by atoms with Crippen LogP contribution in [0.1, 0.15) is 11.4 Å². The molecule has 0 amide bonds. The minimum absolute atomic E-state index is 0.169. The third-order valence-corrected chi connectivity index (χ3v) is 4.87. The van der Waals surface area contributed by atoms with Gasteiger partial charge in [0.25, 0.3) is 0 Å². The molecular weight excluding hydrogens is 402 g/mol. The van der Waals surface area contributed by atoms with Crippen molar-refractivity contribution in [1.29, 1.82) is 0 Å². The summed E-state index contributed by atoms with van der Waals surface area (Å²) in [5.41, 5.74) is 2.44. The number of aryl methyl sites for hydroxylation is 1. The van der Waals surface area contributed by atoms with Crippen LogP contribution in [0.25, 0.3) is 16.9 Å². The monoisotopic (exact) mass is 418 g/mol. The number of hydrogen-bond donors (Lipinski definition) is 1. The molecule has 0 saturated heterocycles. The maximum atomic E-state index is 14.0. The molecule has 154 valence electrons. The molecule has 5 rings (SSSR count). The molecule has 0 aliphatic rings. The molecule has 0 unspecified atom stereocenters. The predicted octanol–water partition coefficient (Wildman–Crippen LogP) is 3.53. The highest BCUT2D eigenvalue weighted by Crippen LogP contribution is 2.23. The van der Waals surface area contributed by atoms with Crippen molar-refractivity contribution < 1.29 is 8.78 Å². The molecule has 1 N–H and O–H groups in total. The zero-order valence-electron chi connectivity index (χ0n) is 16.4. The highest BCUT2D eigenvalue weighted by atomic mass is 19.1. The van der Waals surface area contributed by atoms with Crippen LogP contribution in [-0.4, -0.2) is 34.3 Å². The van der Waals surface area contributed by atoms with Crippen LogP contribution in [0.15, 0.2) is 61.2 Å². The lowest BCUT2D eigenvalue weighted by molar-refractivity contribution is 0.573. The van der Waals surface area contributed by atoms with E-state index in [1.807, 2.05) is 25.2 Å². The molecule has 0 aliphatic heterocycles. The summed E-state index contributed by atoms with van der Waals surface area (Å²) in [5.74, 6) is 0.729. The number of fused-ring (bicyclic) bond motifs is 1. The highest BCUT2D eigenvalue weighted by Gasteiger charge is 2.12. The molecule has 0 spiro atoms. The summed E-state index contributed by atoms with van der Waals surface area (Å²) >= 11 is 0. The van der Waals surface area contributed by atoms with Crippen molar-refractivity contribution in [3.63, 3.8) is 0 Å². The Morgan fingerprint density at radius 2 is 1.87 bits per heavy atom. The maximum absolute atomic E-state index is 14.0. The number of aromatic nitrogens is 7. The van der Waals surface area contributed by atoms with E-state index >= 15 is 0 Å². The van der Waals surface area contributed by atoms with Crippen molar-refractivity contribution in [3.8, 4) is 11.3 Å². The summed E-state index contributed by atoms with van der Waals surface area (Å²) in [7, 11) is 1.84. The highest BCUT2D eigenvalue weighted by molar-refractivity contribution is 5.67. The zero-order valence-corrected chi connectivity index (χ0v) is 16.4. The summed E-state index contributed by atoms with van der Waals surface area (Å²) in [5, 5.41) is 15.7. The van der Waals surface area contributed by atoms with Crippen molar-refractivity contribution in [3.05, 3.63) is 84.2 Å². The van der Waals surface area contributed by atoms with Gasteiger partial charge in [0.2, 0.25) is 0 Å². The molecule has 0 atom stereocenters. The fraction of sp³-hybridized carbons (Fsp3) is 0.0952. The third-order valence-electron chi connectivity index (χ3n) is 4.87. The van der Waals surface area contributed by atoms with Crippen LogP contribution >= 0.6 is 0 Å². The first-order valence-electron chi connectivity index (χ1n) is 9.42. The van der Waals surface area contributed by atoms with Crippen molar-refractivity contribution in [2.45, 2.75) is 6.42 Å². The van der Waals surface area contributed by atoms with Gasteiger partial charge in [0, 0.05) is 43.4 Å². The minimum Gasteiger partial charge on any atom is -0.325 e. The molecule has 10 heteroatoms. The first-order chi connectivity index (χ1) is 15.1. The van der Waals surface area contributed by atoms with Crippen LogP contribution in [0, 0.1) is 11.6 Å². The second kappa shape index (κ2) is 7.56. The second-order valence-corrected chi connectivity index (χ2v) is 6.93. The van der Waals surface area contributed by atoms with E-state index in [0.29, 0.717) is 28.5 Å². The van der Waals surface area contributed by atoms with Crippen molar-refractivity contribution >= 4 is 17.3 Å². The Hall–Kier alpha value is -4.21. The Labute approximate surface area is 175 Å². The lowest BCUT2D eigenvalue weighted by Gasteiger charge is -2.08. The van der Waals surface area contributed by atoms with Crippen molar-refractivity contribution in [2.75, 3.05) is 5.32 Å². The van der Waals surface area contributed by atoms with E-state index < -0.39 is 11.6 Å². The van der Waals surface area contributed by atoms with Gasteiger partial charge in [-0.3, -0.25) is 9.08 Å². The molecule has 4 heterocycles. The largest absolute Gasteiger partial charge is 0.325 e. The maximum Gasteiger partial charge on any atom is 0.164 e. The van der Waals surface area contributed by atoms with E-state index in [9.17, 15) is 8.78 Å². The van der Waals surface area contributed by atoms with Gasteiger partial charge < -0.3 is 5.32 Å². The minimum atomic E-state index is -0.619. The van der Waals surface area contributed by atoms with Crippen LogP contribution in [0.5, 0.6) is 0 Å². The summed E-state index contributed by atoms with van der Waals surface area (Å²) in [6.45, 7) is 0. The van der Waals surface area contributed by atoms with Gasteiger partial charge in [-0.15, -0.1) is 10.2 Å². The molecule has 4 aromatic heterocycles. The van der Waals surface area contributed by atoms with E-state index in [-0.39, 0.29) is 6.42 Å². The van der Waals surface area contributed by atoms with Crippen molar-refractivity contribution in [2.24, 2.45) is 7.05 Å². The van der Waals surface area contributed by atoms with Crippen molar-refractivity contribution in [1.82, 2.24) is 34.3 Å². The topological polar surface area (TPSA) is 85.8 Å². The average molecular weight is 418 g/mol. The molecule has 0 bridgehead atoms. The Kier molecular flexibility index (Phi) is 4.58. The second-order valence-electron chi connectivity index (χ2n) is 6.93. The molecule has 0 fully saturated rings. The van der Waals surface area contributed by atoms with E-state index in [2.05, 4.69) is 30.6 Å². The Bertz CT molecular complexity index is 1390. The molecule has 1 aromatic carbocycles.